The topological polar surface area (TPSA) is 25.2 Å². The minimum atomic E-state index is 0.226. The molecule has 0 radical (unpaired) electrons. The minimum Gasteiger partial charge on any atom is -0.341 e. The summed E-state index contributed by atoms with van der Waals surface area (Å²) < 4.78 is 3.68. The fourth-order valence-electron chi connectivity index (χ4n) is 2.69. The van der Waals surface area contributed by atoms with Gasteiger partial charge in [-0.05, 0) is 25.3 Å². The number of nitrogens with zero attached hydrogens (tertiary/aromatic N) is 2. The summed E-state index contributed by atoms with van der Waals surface area (Å²) in [6.45, 7) is 5.12. The largest absolute Gasteiger partial charge is 0.341 e. The van der Waals surface area contributed by atoms with Gasteiger partial charge in [0.2, 0.25) is 5.91 Å². The first-order valence-corrected chi connectivity index (χ1v) is 6.80. The highest BCUT2D eigenvalue weighted by Crippen LogP contribution is 2.36. The average molecular weight is 248 g/mol. The third-order valence-electron chi connectivity index (χ3n) is 3.47. The second-order valence-electron chi connectivity index (χ2n) is 4.95. The number of amides is 1. The van der Waals surface area contributed by atoms with Gasteiger partial charge >= 0.3 is 0 Å². The van der Waals surface area contributed by atoms with Crippen LogP contribution in [0.25, 0.3) is 10.2 Å². The maximum atomic E-state index is 11.8. The standard InChI is InChI=1S/C13H16N2OS/c1-8(2)15-10-4-5-17-13(10)9-7-14(3)12(16)6-11(9)15/h4-5,8H,6-7H2,1-3H3. The van der Waals surface area contributed by atoms with E-state index in [1.54, 1.807) is 11.3 Å². The molecule has 4 heteroatoms. The number of carbonyl (C=O) groups excluding carboxylic acids is 1. The zero-order chi connectivity index (χ0) is 12.2. The van der Waals surface area contributed by atoms with Gasteiger partial charge in [0.05, 0.1) is 16.6 Å². The summed E-state index contributed by atoms with van der Waals surface area (Å²) in [5.74, 6) is 0.226. The lowest BCUT2D eigenvalue weighted by Crippen LogP contribution is -2.33. The molecule has 0 fully saturated rings. The van der Waals surface area contributed by atoms with Crippen LogP contribution in [0.1, 0.15) is 31.1 Å². The van der Waals surface area contributed by atoms with Crippen molar-refractivity contribution in [1.29, 1.82) is 0 Å². The Balaban J connectivity index is 2.30. The Morgan fingerprint density at radius 2 is 2.18 bits per heavy atom. The van der Waals surface area contributed by atoms with E-state index in [4.69, 9.17) is 0 Å². The molecule has 0 saturated carbocycles. The molecule has 3 rings (SSSR count). The van der Waals surface area contributed by atoms with Gasteiger partial charge in [-0.25, -0.2) is 0 Å². The molecule has 1 aliphatic rings. The zero-order valence-electron chi connectivity index (χ0n) is 10.4. The number of fused-ring (bicyclic) bond motifs is 3. The lowest BCUT2D eigenvalue weighted by atomic mass is 10.1. The molecular formula is C13H16N2OS. The van der Waals surface area contributed by atoms with Crippen molar-refractivity contribution < 1.29 is 4.79 Å². The maximum Gasteiger partial charge on any atom is 0.228 e. The van der Waals surface area contributed by atoms with Crippen LogP contribution < -0.4 is 0 Å². The lowest BCUT2D eigenvalue weighted by molar-refractivity contribution is -0.130. The molecule has 0 bridgehead atoms. The van der Waals surface area contributed by atoms with Crippen LogP contribution in [0.5, 0.6) is 0 Å². The van der Waals surface area contributed by atoms with E-state index < -0.39 is 0 Å². The molecule has 2 aromatic rings. The van der Waals surface area contributed by atoms with E-state index in [-0.39, 0.29) is 5.91 Å². The first-order valence-electron chi connectivity index (χ1n) is 5.92. The molecule has 2 aromatic heterocycles. The third kappa shape index (κ3) is 1.43. The monoisotopic (exact) mass is 248 g/mol. The molecule has 0 aliphatic carbocycles. The Kier molecular flexibility index (Phi) is 2.30. The van der Waals surface area contributed by atoms with Gasteiger partial charge in [0, 0.05) is 30.9 Å². The molecule has 0 spiro atoms. The Morgan fingerprint density at radius 1 is 1.41 bits per heavy atom. The van der Waals surface area contributed by atoms with Crippen LogP contribution in [0.4, 0.5) is 0 Å². The number of likely N-dealkylation sites (N-methyl/N-ethyl adjacent to an activating group) is 1. The van der Waals surface area contributed by atoms with Gasteiger partial charge in [0.25, 0.3) is 0 Å². The summed E-state index contributed by atoms with van der Waals surface area (Å²) in [4.78, 5) is 13.7. The second-order valence-corrected chi connectivity index (χ2v) is 5.87. The summed E-state index contributed by atoms with van der Waals surface area (Å²) in [5.41, 5.74) is 3.87. The van der Waals surface area contributed by atoms with Crippen molar-refractivity contribution in [2.75, 3.05) is 7.05 Å². The third-order valence-corrected chi connectivity index (χ3v) is 4.44. The fraction of sp³-hybridized carbons (Fsp3) is 0.462. The molecule has 0 atom stereocenters. The number of hydrogen-bond acceptors (Lipinski definition) is 2. The Hall–Kier alpha value is -1.29. The lowest BCUT2D eigenvalue weighted by Gasteiger charge is -2.25. The first-order chi connectivity index (χ1) is 8.09. The van der Waals surface area contributed by atoms with E-state index in [1.807, 2.05) is 11.9 Å². The molecule has 0 unspecified atom stereocenters. The molecule has 3 nitrogen and oxygen atoms in total. The van der Waals surface area contributed by atoms with Crippen molar-refractivity contribution in [3.05, 3.63) is 22.7 Å². The highest BCUT2D eigenvalue weighted by molar-refractivity contribution is 7.17. The normalized spacial score (nSPS) is 16.0. The SMILES string of the molecule is CC(C)n1c2c(c3sccc31)CN(C)C(=O)C2. The van der Waals surface area contributed by atoms with E-state index >= 15 is 0 Å². The van der Waals surface area contributed by atoms with Gasteiger partial charge in [0.1, 0.15) is 0 Å². The van der Waals surface area contributed by atoms with Crippen molar-refractivity contribution in [2.24, 2.45) is 0 Å². The number of aromatic nitrogens is 1. The number of rotatable bonds is 1. The molecule has 1 aliphatic heterocycles. The Morgan fingerprint density at radius 3 is 2.88 bits per heavy atom. The van der Waals surface area contributed by atoms with E-state index in [9.17, 15) is 4.79 Å². The van der Waals surface area contributed by atoms with Gasteiger partial charge in [-0.2, -0.15) is 0 Å². The highest BCUT2D eigenvalue weighted by Gasteiger charge is 2.28. The van der Waals surface area contributed by atoms with E-state index in [0.717, 1.165) is 6.54 Å². The van der Waals surface area contributed by atoms with Crippen molar-refractivity contribution in [2.45, 2.75) is 32.9 Å². The smallest absolute Gasteiger partial charge is 0.228 e. The van der Waals surface area contributed by atoms with Gasteiger partial charge in [-0.15, -0.1) is 11.3 Å². The summed E-state index contributed by atoms with van der Waals surface area (Å²) >= 11 is 1.78. The van der Waals surface area contributed by atoms with Gasteiger partial charge in [-0.1, -0.05) is 0 Å². The molecule has 0 N–H and O–H groups in total. The second kappa shape index (κ2) is 3.60. The first kappa shape index (κ1) is 10.8. The van der Waals surface area contributed by atoms with Crippen LogP contribution >= 0.6 is 11.3 Å². The predicted octanol–water partition coefficient (Wildman–Crippen LogP) is 2.80. The maximum absolute atomic E-state index is 11.8. The van der Waals surface area contributed by atoms with Gasteiger partial charge in [0.15, 0.2) is 0 Å². The Bertz CT molecular complexity index is 594. The zero-order valence-corrected chi connectivity index (χ0v) is 11.2. The average Bonchev–Trinajstić information content (AvgIpc) is 2.79. The van der Waals surface area contributed by atoms with E-state index in [0.29, 0.717) is 12.5 Å². The number of hydrogen-bond donors (Lipinski definition) is 0. The van der Waals surface area contributed by atoms with Crippen LogP contribution in [0, 0.1) is 0 Å². The van der Waals surface area contributed by atoms with Crippen LogP contribution in [-0.4, -0.2) is 22.4 Å². The molecule has 1 amide bonds. The van der Waals surface area contributed by atoms with E-state index in [2.05, 4.69) is 29.9 Å². The molecule has 17 heavy (non-hydrogen) atoms. The van der Waals surface area contributed by atoms with E-state index in [1.165, 1.54) is 21.5 Å². The predicted molar refractivity (Wildman–Crippen MR) is 70.4 cm³/mol. The van der Waals surface area contributed by atoms with Crippen LogP contribution in [0.3, 0.4) is 0 Å². The van der Waals surface area contributed by atoms with Crippen LogP contribution in [-0.2, 0) is 17.8 Å². The minimum absolute atomic E-state index is 0.226. The number of thiophene rings is 1. The number of carbonyl (C=O) groups is 1. The molecule has 0 saturated heterocycles. The van der Waals surface area contributed by atoms with Crippen molar-refractivity contribution in [3.63, 3.8) is 0 Å². The fourth-order valence-corrected chi connectivity index (χ4v) is 3.63. The van der Waals surface area contributed by atoms with Crippen LogP contribution in [0.2, 0.25) is 0 Å². The summed E-state index contributed by atoms with van der Waals surface area (Å²) in [5, 5.41) is 2.14. The van der Waals surface area contributed by atoms with Gasteiger partial charge < -0.3 is 9.47 Å². The molecular weight excluding hydrogens is 232 g/mol. The Labute approximate surface area is 105 Å². The summed E-state index contributed by atoms with van der Waals surface area (Å²) in [6.07, 6.45) is 0.547. The molecule has 0 aromatic carbocycles. The van der Waals surface area contributed by atoms with Crippen molar-refractivity contribution in [1.82, 2.24) is 9.47 Å². The highest BCUT2D eigenvalue weighted by atomic mass is 32.1. The summed E-state index contributed by atoms with van der Waals surface area (Å²) in [6, 6.07) is 2.58. The van der Waals surface area contributed by atoms with Crippen LogP contribution in [0.15, 0.2) is 11.4 Å². The quantitative estimate of drug-likeness (QED) is 0.762. The molecule has 3 heterocycles. The summed E-state index contributed by atoms with van der Waals surface area (Å²) in [7, 11) is 1.89. The van der Waals surface area contributed by atoms with Crippen molar-refractivity contribution >= 4 is 27.5 Å². The molecule has 90 valence electrons. The van der Waals surface area contributed by atoms with Crippen molar-refractivity contribution in [3.8, 4) is 0 Å². The van der Waals surface area contributed by atoms with Gasteiger partial charge in [-0.3, -0.25) is 4.79 Å².